The van der Waals surface area contributed by atoms with E-state index in [9.17, 15) is 30.3 Å². The summed E-state index contributed by atoms with van der Waals surface area (Å²) in [7, 11) is 0. The first-order chi connectivity index (χ1) is 15.6. The van der Waals surface area contributed by atoms with E-state index in [-0.39, 0.29) is 6.42 Å². The van der Waals surface area contributed by atoms with E-state index < -0.39 is 47.1 Å². The SMILES string of the molecule is CCOc1ccc(Cc2cc([C@]34C(O)C[C@](C(C)=O)(C3O)[C@H](O)[C@@H](O)[C@@H]4O)ccc2Cl)cc1. The Bertz CT molecular complexity index is 1040. The lowest BCUT2D eigenvalue weighted by atomic mass is 9.58. The molecular formula is C25H29ClO7. The molecule has 2 saturated carbocycles. The van der Waals surface area contributed by atoms with E-state index >= 15 is 0 Å². The second-order valence-electron chi connectivity index (χ2n) is 9.09. The molecule has 0 heterocycles. The molecule has 2 aromatic rings. The molecule has 0 aromatic heterocycles. The molecule has 0 radical (unpaired) electrons. The Morgan fingerprint density at radius 2 is 1.73 bits per heavy atom. The third-order valence-electron chi connectivity index (χ3n) is 7.52. The van der Waals surface area contributed by atoms with Crippen LogP contribution in [0.4, 0.5) is 0 Å². The van der Waals surface area contributed by atoms with E-state index in [4.69, 9.17) is 16.3 Å². The molecule has 2 unspecified atom stereocenters. The number of ketones is 1. The van der Waals surface area contributed by atoms with Crippen molar-refractivity contribution in [2.24, 2.45) is 5.41 Å². The van der Waals surface area contributed by atoms with Gasteiger partial charge in [0.05, 0.1) is 41.9 Å². The molecule has 0 spiro atoms. The van der Waals surface area contributed by atoms with Crippen LogP contribution < -0.4 is 4.74 Å². The predicted molar refractivity (Wildman–Crippen MR) is 121 cm³/mol. The number of hydrogen-bond donors (Lipinski definition) is 5. The molecule has 0 amide bonds. The van der Waals surface area contributed by atoms with Crippen molar-refractivity contribution < 1.29 is 35.1 Å². The maximum absolute atomic E-state index is 12.6. The van der Waals surface area contributed by atoms with Crippen LogP contribution in [0, 0.1) is 5.41 Å². The van der Waals surface area contributed by atoms with Crippen molar-refractivity contribution in [3.05, 3.63) is 64.2 Å². The van der Waals surface area contributed by atoms with Crippen LogP contribution in [0.3, 0.4) is 0 Å². The van der Waals surface area contributed by atoms with Crippen molar-refractivity contribution >= 4 is 17.4 Å². The maximum atomic E-state index is 12.6. The minimum Gasteiger partial charge on any atom is -0.494 e. The summed E-state index contributed by atoms with van der Waals surface area (Å²) in [4.78, 5) is 12.6. The van der Waals surface area contributed by atoms with Crippen LogP contribution in [-0.2, 0) is 16.6 Å². The molecule has 7 nitrogen and oxygen atoms in total. The molecular weight excluding hydrogens is 448 g/mol. The van der Waals surface area contributed by atoms with Crippen LogP contribution in [0.15, 0.2) is 42.5 Å². The van der Waals surface area contributed by atoms with E-state index in [1.807, 2.05) is 31.2 Å². The number of aliphatic hydroxyl groups excluding tert-OH is 5. The highest BCUT2D eigenvalue weighted by molar-refractivity contribution is 6.31. The molecule has 2 aliphatic rings. The highest BCUT2D eigenvalue weighted by Crippen LogP contribution is 2.60. The predicted octanol–water partition coefficient (Wildman–Crippen LogP) is 1.36. The molecule has 33 heavy (non-hydrogen) atoms. The number of aliphatic hydroxyl groups is 5. The molecule has 7 atom stereocenters. The Kier molecular flexibility index (Phi) is 6.33. The Morgan fingerprint density at radius 1 is 1.06 bits per heavy atom. The lowest BCUT2D eigenvalue weighted by Gasteiger charge is -2.51. The Morgan fingerprint density at radius 3 is 2.33 bits per heavy atom. The van der Waals surface area contributed by atoms with E-state index in [2.05, 4.69) is 0 Å². The quantitative estimate of drug-likeness (QED) is 0.426. The first-order valence-electron chi connectivity index (χ1n) is 11.0. The number of ether oxygens (including phenoxy) is 1. The van der Waals surface area contributed by atoms with Crippen molar-refractivity contribution in [1.82, 2.24) is 0 Å². The smallest absolute Gasteiger partial charge is 0.141 e. The average Bonchev–Trinajstić information content (AvgIpc) is 3.00. The van der Waals surface area contributed by atoms with Crippen molar-refractivity contribution in [2.75, 3.05) is 6.61 Å². The van der Waals surface area contributed by atoms with Gasteiger partial charge in [-0.15, -0.1) is 0 Å². The standard InChI is InChI=1S/C25H29ClO7/c1-3-33-17-7-4-14(5-8-17)10-15-11-16(6-9-18(15)26)25-19(28)12-24(13(2)27,23(25)32)21(30)20(29)22(25)31/h4-9,11,19-23,28-32H,3,10,12H2,1-2H3/t19?,20-,21-,22+,23?,24-,25-/m1/s1. The van der Waals surface area contributed by atoms with Gasteiger partial charge in [0, 0.05) is 5.02 Å². The molecule has 2 bridgehead atoms. The van der Waals surface area contributed by atoms with Crippen LogP contribution in [0.2, 0.25) is 5.02 Å². The lowest BCUT2D eigenvalue weighted by Crippen LogP contribution is -2.70. The second kappa shape index (κ2) is 8.65. The van der Waals surface area contributed by atoms with Crippen LogP contribution in [0.1, 0.15) is 37.0 Å². The summed E-state index contributed by atoms with van der Waals surface area (Å²) >= 11 is 6.45. The zero-order valence-electron chi connectivity index (χ0n) is 18.5. The molecule has 2 fully saturated rings. The number of hydrogen-bond acceptors (Lipinski definition) is 7. The van der Waals surface area contributed by atoms with Crippen LogP contribution in [0.25, 0.3) is 0 Å². The Hall–Kier alpha value is -2.00. The molecule has 2 aromatic carbocycles. The zero-order chi connectivity index (χ0) is 24.1. The van der Waals surface area contributed by atoms with Crippen molar-refractivity contribution in [3.63, 3.8) is 0 Å². The summed E-state index contributed by atoms with van der Waals surface area (Å²) in [5.74, 6) is 0.189. The largest absolute Gasteiger partial charge is 0.494 e. The van der Waals surface area contributed by atoms with Gasteiger partial charge >= 0.3 is 0 Å². The number of halogens is 1. The van der Waals surface area contributed by atoms with E-state index in [1.54, 1.807) is 18.2 Å². The minimum absolute atomic E-state index is 0.282. The summed E-state index contributed by atoms with van der Waals surface area (Å²) in [6.07, 6.45) is -7.97. The monoisotopic (exact) mass is 476 g/mol. The molecule has 2 aliphatic carbocycles. The zero-order valence-corrected chi connectivity index (χ0v) is 19.2. The van der Waals surface area contributed by atoms with Crippen molar-refractivity contribution in [3.8, 4) is 5.75 Å². The molecule has 4 rings (SSSR count). The fourth-order valence-corrected chi connectivity index (χ4v) is 5.93. The van der Waals surface area contributed by atoms with E-state index in [0.29, 0.717) is 29.2 Å². The number of carbonyl (C=O) groups excluding carboxylic acids is 1. The molecule has 0 saturated heterocycles. The summed E-state index contributed by atoms with van der Waals surface area (Å²) < 4.78 is 5.47. The van der Waals surface area contributed by atoms with Crippen molar-refractivity contribution in [2.45, 2.75) is 62.6 Å². The summed E-state index contributed by atoms with van der Waals surface area (Å²) in [6.45, 7) is 3.67. The van der Waals surface area contributed by atoms with Crippen LogP contribution in [-0.4, -0.2) is 68.4 Å². The van der Waals surface area contributed by atoms with Gasteiger partial charge < -0.3 is 30.3 Å². The third-order valence-corrected chi connectivity index (χ3v) is 7.89. The number of Topliss-reactive ketones (excluding diaryl/α,β-unsaturated/α-hetero) is 1. The fourth-order valence-electron chi connectivity index (χ4n) is 5.75. The van der Waals surface area contributed by atoms with Gasteiger partial charge in [0.1, 0.15) is 17.6 Å². The van der Waals surface area contributed by atoms with Gasteiger partial charge in [-0.2, -0.15) is 0 Å². The van der Waals surface area contributed by atoms with E-state index in [0.717, 1.165) is 11.3 Å². The number of benzene rings is 2. The van der Waals surface area contributed by atoms with Gasteiger partial charge in [-0.1, -0.05) is 35.9 Å². The topological polar surface area (TPSA) is 127 Å². The summed E-state index contributed by atoms with van der Waals surface area (Å²) in [5.41, 5.74) is -1.58. The van der Waals surface area contributed by atoms with Crippen molar-refractivity contribution in [1.29, 1.82) is 0 Å². The lowest BCUT2D eigenvalue weighted by molar-refractivity contribution is -0.209. The third kappa shape index (κ3) is 3.41. The van der Waals surface area contributed by atoms with Gasteiger partial charge in [-0.05, 0) is 61.6 Å². The molecule has 8 heteroatoms. The maximum Gasteiger partial charge on any atom is 0.141 e. The van der Waals surface area contributed by atoms with E-state index in [1.165, 1.54) is 6.92 Å². The molecule has 0 aliphatic heterocycles. The first-order valence-corrected chi connectivity index (χ1v) is 11.4. The average molecular weight is 477 g/mol. The minimum atomic E-state index is -1.78. The highest BCUT2D eigenvalue weighted by atomic mass is 35.5. The summed E-state index contributed by atoms with van der Waals surface area (Å²) in [5, 5.41) is 55.1. The Balaban J connectivity index is 1.77. The first kappa shape index (κ1) is 24.1. The molecule has 5 N–H and O–H groups in total. The molecule has 178 valence electrons. The fraction of sp³-hybridized carbons (Fsp3) is 0.480. The number of carbonyl (C=O) groups is 1. The second-order valence-corrected chi connectivity index (χ2v) is 9.50. The van der Waals surface area contributed by atoms with Crippen LogP contribution >= 0.6 is 11.6 Å². The van der Waals surface area contributed by atoms with Gasteiger partial charge in [0.2, 0.25) is 0 Å². The normalized spacial score (nSPS) is 35.5. The number of rotatable bonds is 6. The number of fused-ring (bicyclic) bond motifs is 2. The van der Waals surface area contributed by atoms with Gasteiger partial charge in [-0.3, -0.25) is 4.79 Å². The van der Waals surface area contributed by atoms with Gasteiger partial charge in [-0.25, -0.2) is 0 Å². The van der Waals surface area contributed by atoms with Gasteiger partial charge in [0.15, 0.2) is 0 Å². The summed E-state index contributed by atoms with van der Waals surface area (Å²) in [6, 6.07) is 12.4. The van der Waals surface area contributed by atoms with Gasteiger partial charge in [0.25, 0.3) is 0 Å². The highest BCUT2D eigenvalue weighted by Gasteiger charge is 2.75. The Labute approximate surface area is 197 Å². The van der Waals surface area contributed by atoms with Crippen LogP contribution in [0.5, 0.6) is 5.75 Å².